The summed E-state index contributed by atoms with van der Waals surface area (Å²) in [6.07, 6.45) is 16.2. The highest BCUT2D eigenvalue weighted by atomic mass is 15.3. The first-order chi connectivity index (χ1) is 7.00. The van der Waals surface area contributed by atoms with Gasteiger partial charge in [0.15, 0.2) is 0 Å². The van der Waals surface area contributed by atoms with Crippen molar-refractivity contribution in [1.82, 2.24) is 15.4 Å². The molecule has 2 rings (SSSR count). The summed E-state index contributed by atoms with van der Waals surface area (Å²) in [5.41, 5.74) is 0. The Balaban J connectivity index is 0.000000146. The Morgan fingerprint density at radius 3 is 1.64 bits per heavy atom. The maximum Gasteiger partial charge on any atom is 0.0529 e. The molecule has 0 aliphatic heterocycles. The van der Waals surface area contributed by atoms with Gasteiger partial charge in [-0.3, -0.25) is 0 Å². The third-order valence-corrected chi connectivity index (χ3v) is 2.07. The van der Waals surface area contributed by atoms with Crippen LogP contribution in [0.3, 0.4) is 0 Å². The first-order valence-electron chi connectivity index (χ1n) is 5.23. The maximum absolute atomic E-state index is 3.42. The van der Waals surface area contributed by atoms with Crippen molar-refractivity contribution in [3.63, 3.8) is 0 Å². The highest BCUT2D eigenvalue weighted by molar-refractivity contribution is 4.82. The highest BCUT2D eigenvalue weighted by Crippen LogP contribution is 2.09. The topological polar surface area (TPSA) is 38.7 Å². The van der Waals surface area contributed by atoms with Crippen molar-refractivity contribution in [3.05, 3.63) is 30.6 Å². The number of rotatable bonds is 0. The molecule has 1 heterocycles. The maximum atomic E-state index is 3.42. The summed E-state index contributed by atoms with van der Waals surface area (Å²) in [6.45, 7) is 0. The van der Waals surface area contributed by atoms with Gasteiger partial charge in [-0.15, -0.1) is 10.2 Å². The minimum absolute atomic E-state index is 1.32. The van der Waals surface area contributed by atoms with E-state index >= 15 is 0 Å². The van der Waals surface area contributed by atoms with E-state index in [9.17, 15) is 0 Å². The van der Waals surface area contributed by atoms with Crippen LogP contribution in [-0.2, 0) is 0 Å². The average Bonchev–Trinajstić information content (AvgIpc) is 2.20. The Hall–Kier alpha value is -1.25. The van der Waals surface area contributed by atoms with E-state index in [1.54, 1.807) is 18.5 Å². The lowest BCUT2D eigenvalue weighted by atomic mass is 10.1. The molecule has 0 amide bonds. The molecule has 0 saturated heterocycles. The third kappa shape index (κ3) is 6.29. The number of aromatic nitrogens is 3. The fourth-order valence-electron chi connectivity index (χ4n) is 1.32. The fourth-order valence-corrected chi connectivity index (χ4v) is 1.32. The molecule has 1 aromatic heterocycles. The highest BCUT2D eigenvalue weighted by Gasteiger charge is 1.89. The molecule has 0 bridgehead atoms. The van der Waals surface area contributed by atoms with Gasteiger partial charge in [0.05, 0.1) is 12.4 Å². The molecule has 3 heteroatoms. The molecule has 0 N–H and O–H groups in total. The SMILES string of the molecule is C1=C/CCCCCC/1.c1cnnnc1. The largest absolute Gasteiger partial charge is 0.139 e. The predicted molar refractivity (Wildman–Crippen MR) is 56.7 cm³/mol. The molecule has 14 heavy (non-hydrogen) atoms. The lowest BCUT2D eigenvalue weighted by Gasteiger charge is -2.00. The molecule has 0 unspecified atom stereocenters. The van der Waals surface area contributed by atoms with Crippen molar-refractivity contribution >= 4 is 0 Å². The van der Waals surface area contributed by atoms with Crippen molar-refractivity contribution in [1.29, 1.82) is 0 Å². The van der Waals surface area contributed by atoms with E-state index in [2.05, 4.69) is 27.6 Å². The van der Waals surface area contributed by atoms with Crippen molar-refractivity contribution in [2.75, 3.05) is 0 Å². The van der Waals surface area contributed by atoms with Gasteiger partial charge in [0, 0.05) is 0 Å². The van der Waals surface area contributed by atoms with Crippen LogP contribution in [0.4, 0.5) is 0 Å². The van der Waals surface area contributed by atoms with Crippen LogP contribution in [0.15, 0.2) is 30.6 Å². The van der Waals surface area contributed by atoms with Crippen molar-refractivity contribution < 1.29 is 0 Å². The minimum Gasteiger partial charge on any atom is -0.139 e. The molecule has 1 aromatic rings. The summed E-state index contributed by atoms with van der Waals surface area (Å²) in [6, 6.07) is 1.72. The molecule has 0 fully saturated rings. The predicted octanol–water partition coefficient (Wildman–Crippen LogP) is 2.77. The first kappa shape index (κ1) is 10.8. The summed E-state index contributed by atoms with van der Waals surface area (Å²) in [5, 5.41) is 10.1. The quantitative estimate of drug-likeness (QED) is 0.592. The molecule has 76 valence electrons. The summed E-state index contributed by atoms with van der Waals surface area (Å²) >= 11 is 0. The summed E-state index contributed by atoms with van der Waals surface area (Å²) < 4.78 is 0. The van der Waals surface area contributed by atoms with E-state index in [-0.39, 0.29) is 0 Å². The Kier molecular flexibility index (Phi) is 6.46. The number of allylic oxidation sites excluding steroid dienone is 2. The molecule has 0 aromatic carbocycles. The second-order valence-corrected chi connectivity index (χ2v) is 3.27. The Bertz CT molecular complexity index is 197. The summed E-state index contributed by atoms with van der Waals surface area (Å²) in [5.74, 6) is 0. The molecule has 0 radical (unpaired) electrons. The Morgan fingerprint density at radius 1 is 0.714 bits per heavy atom. The monoisotopic (exact) mass is 191 g/mol. The fraction of sp³-hybridized carbons (Fsp3) is 0.545. The lowest BCUT2D eigenvalue weighted by molar-refractivity contribution is 0.638. The van der Waals surface area contributed by atoms with Gasteiger partial charge in [-0.1, -0.05) is 25.0 Å². The molecule has 0 spiro atoms. The standard InChI is InChI=1S/C8H14.C3H3N3/c1-2-4-6-8-7-5-3-1;1-2-4-6-5-3-1/h1-2H,3-8H2;1-3H/b2-1+;. The van der Waals surface area contributed by atoms with Crippen molar-refractivity contribution in [2.45, 2.75) is 38.5 Å². The average molecular weight is 191 g/mol. The van der Waals surface area contributed by atoms with Crippen LogP contribution in [0.5, 0.6) is 0 Å². The zero-order chi connectivity index (χ0) is 9.90. The van der Waals surface area contributed by atoms with Crippen molar-refractivity contribution in [2.24, 2.45) is 0 Å². The molecule has 3 nitrogen and oxygen atoms in total. The van der Waals surface area contributed by atoms with E-state index in [1.165, 1.54) is 38.5 Å². The van der Waals surface area contributed by atoms with Crippen molar-refractivity contribution in [3.8, 4) is 0 Å². The van der Waals surface area contributed by atoms with Crippen LogP contribution in [0.25, 0.3) is 0 Å². The zero-order valence-corrected chi connectivity index (χ0v) is 8.47. The van der Waals surface area contributed by atoms with Gasteiger partial charge in [-0.2, -0.15) is 0 Å². The van der Waals surface area contributed by atoms with Crippen LogP contribution >= 0.6 is 0 Å². The summed E-state index contributed by atoms with van der Waals surface area (Å²) in [7, 11) is 0. The zero-order valence-electron chi connectivity index (χ0n) is 8.47. The second-order valence-electron chi connectivity index (χ2n) is 3.27. The van der Waals surface area contributed by atoms with E-state index in [0.717, 1.165) is 0 Å². The van der Waals surface area contributed by atoms with Gasteiger partial charge >= 0.3 is 0 Å². The Labute approximate surface area is 85.3 Å². The van der Waals surface area contributed by atoms with E-state index in [1.807, 2.05) is 0 Å². The first-order valence-corrected chi connectivity index (χ1v) is 5.23. The smallest absolute Gasteiger partial charge is 0.0529 e. The lowest BCUT2D eigenvalue weighted by Crippen LogP contribution is -1.80. The molecular weight excluding hydrogens is 174 g/mol. The van der Waals surface area contributed by atoms with Gasteiger partial charge in [0.2, 0.25) is 0 Å². The van der Waals surface area contributed by atoms with E-state index in [0.29, 0.717) is 0 Å². The second kappa shape index (κ2) is 8.35. The van der Waals surface area contributed by atoms with Gasteiger partial charge in [0.25, 0.3) is 0 Å². The third-order valence-electron chi connectivity index (χ3n) is 2.07. The van der Waals surface area contributed by atoms with Crippen LogP contribution in [-0.4, -0.2) is 15.4 Å². The number of hydrogen-bond donors (Lipinski definition) is 0. The van der Waals surface area contributed by atoms with Crippen LogP contribution in [0.1, 0.15) is 38.5 Å². The minimum atomic E-state index is 1.32. The van der Waals surface area contributed by atoms with Gasteiger partial charge in [-0.05, 0) is 37.0 Å². The van der Waals surface area contributed by atoms with Crippen LogP contribution < -0.4 is 0 Å². The Morgan fingerprint density at radius 2 is 1.29 bits per heavy atom. The molecular formula is C11H17N3. The molecule has 1 aliphatic rings. The molecule has 1 aliphatic carbocycles. The molecule has 0 atom stereocenters. The van der Waals surface area contributed by atoms with Crippen LogP contribution in [0, 0.1) is 0 Å². The van der Waals surface area contributed by atoms with Gasteiger partial charge in [-0.25, -0.2) is 0 Å². The van der Waals surface area contributed by atoms with Gasteiger partial charge < -0.3 is 0 Å². The normalized spacial score (nSPS) is 18.3. The number of hydrogen-bond acceptors (Lipinski definition) is 3. The van der Waals surface area contributed by atoms with E-state index in [4.69, 9.17) is 0 Å². The van der Waals surface area contributed by atoms with E-state index < -0.39 is 0 Å². The van der Waals surface area contributed by atoms with Gasteiger partial charge in [0.1, 0.15) is 0 Å². The molecule has 0 saturated carbocycles. The number of nitrogens with zero attached hydrogens (tertiary/aromatic N) is 3. The summed E-state index contributed by atoms with van der Waals surface area (Å²) in [4.78, 5) is 0. The van der Waals surface area contributed by atoms with Crippen LogP contribution in [0.2, 0.25) is 0 Å².